The molecule has 0 N–H and O–H groups in total. The van der Waals surface area contributed by atoms with Gasteiger partial charge in [-0.1, -0.05) is 53.9 Å². The average Bonchev–Trinajstić information content (AvgIpc) is 2.93. The van der Waals surface area contributed by atoms with Crippen LogP contribution in [-0.4, -0.2) is 0 Å². The fourth-order valence-electron chi connectivity index (χ4n) is 9.10. The molecule has 0 aliphatic heterocycles. The minimum absolute atomic E-state index is 0.681. The summed E-state index contributed by atoms with van der Waals surface area (Å²) in [5.74, 6) is 7.23. The summed E-state index contributed by atoms with van der Waals surface area (Å²) in [6.07, 6.45) is 16.8. The molecule has 0 aromatic heterocycles. The molecular formula is C25H44. The number of hydrogen-bond acceptors (Lipinski definition) is 0. The van der Waals surface area contributed by atoms with Gasteiger partial charge in [-0.25, -0.2) is 0 Å². The SMILES string of the molecule is CCCC(C)[C@H]1CCC2[C@@H]3CC[C@@H]4CC(C)CC[C@]4(C)C3CC[C@@]21C. The summed E-state index contributed by atoms with van der Waals surface area (Å²) in [6.45, 7) is 12.9. The van der Waals surface area contributed by atoms with Crippen molar-refractivity contribution in [2.24, 2.45) is 52.3 Å². The van der Waals surface area contributed by atoms with E-state index in [0.29, 0.717) is 10.8 Å². The number of rotatable bonds is 3. The molecule has 0 heterocycles. The zero-order valence-electron chi connectivity index (χ0n) is 17.8. The fourth-order valence-corrected chi connectivity index (χ4v) is 9.10. The van der Waals surface area contributed by atoms with Gasteiger partial charge >= 0.3 is 0 Å². The molecule has 0 aromatic rings. The van der Waals surface area contributed by atoms with Gasteiger partial charge in [-0.3, -0.25) is 0 Å². The van der Waals surface area contributed by atoms with Crippen molar-refractivity contribution in [3.8, 4) is 0 Å². The van der Waals surface area contributed by atoms with Crippen LogP contribution in [0, 0.1) is 52.3 Å². The Morgan fingerprint density at radius 3 is 2.36 bits per heavy atom. The summed E-state index contributed by atoms with van der Waals surface area (Å²) < 4.78 is 0. The molecule has 25 heavy (non-hydrogen) atoms. The second kappa shape index (κ2) is 6.56. The number of hydrogen-bond donors (Lipinski definition) is 0. The van der Waals surface area contributed by atoms with Crippen LogP contribution in [0.15, 0.2) is 0 Å². The Balaban J connectivity index is 1.56. The molecule has 0 heteroatoms. The monoisotopic (exact) mass is 344 g/mol. The van der Waals surface area contributed by atoms with E-state index >= 15 is 0 Å². The number of fused-ring (bicyclic) bond motifs is 5. The van der Waals surface area contributed by atoms with Gasteiger partial charge in [-0.05, 0) is 104 Å². The van der Waals surface area contributed by atoms with Gasteiger partial charge < -0.3 is 0 Å². The molecule has 9 atom stereocenters. The van der Waals surface area contributed by atoms with E-state index in [0.717, 1.165) is 41.4 Å². The highest BCUT2D eigenvalue weighted by Gasteiger charge is 2.60. The first-order valence-corrected chi connectivity index (χ1v) is 11.9. The smallest absolute Gasteiger partial charge is 0.0264 e. The lowest BCUT2D eigenvalue weighted by molar-refractivity contribution is -0.120. The molecule has 0 aromatic carbocycles. The molecular weight excluding hydrogens is 300 g/mol. The van der Waals surface area contributed by atoms with Crippen LogP contribution in [0.3, 0.4) is 0 Å². The van der Waals surface area contributed by atoms with E-state index in [1.165, 1.54) is 25.7 Å². The molecule has 0 amide bonds. The molecule has 0 bridgehead atoms. The van der Waals surface area contributed by atoms with Gasteiger partial charge in [0.1, 0.15) is 0 Å². The highest BCUT2D eigenvalue weighted by molar-refractivity contribution is 5.09. The third-order valence-electron chi connectivity index (χ3n) is 10.4. The van der Waals surface area contributed by atoms with Crippen LogP contribution >= 0.6 is 0 Å². The van der Waals surface area contributed by atoms with Crippen LogP contribution in [0.25, 0.3) is 0 Å². The third kappa shape index (κ3) is 2.75. The van der Waals surface area contributed by atoms with Crippen molar-refractivity contribution in [3.05, 3.63) is 0 Å². The van der Waals surface area contributed by atoms with Gasteiger partial charge in [0.2, 0.25) is 0 Å². The van der Waals surface area contributed by atoms with Gasteiger partial charge in [-0.15, -0.1) is 0 Å². The lowest BCUT2D eigenvalue weighted by Gasteiger charge is -2.61. The maximum absolute atomic E-state index is 2.73. The van der Waals surface area contributed by atoms with E-state index in [1.807, 2.05) is 0 Å². The molecule has 4 saturated carbocycles. The molecule has 0 radical (unpaired) electrons. The van der Waals surface area contributed by atoms with Crippen LogP contribution in [-0.2, 0) is 0 Å². The Morgan fingerprint density at radius 1 is 0.880 bits per heavy atom. The Hall–Kier alpha value is 0. The topological polar surface area (TPSA) is 0 Å². The Morgan fingerprint density at radius 2 is 1.60 bits per heavy atom. The lowest BCUT2D eigenvalue weighted by Crippen LogP contribution is -2.53. The summed E-state index contributed by atoms with van der Waals surface area (Å²) in [4.78, 5) is 0. The van der Waals surface area contributed by atoms with Gasteiger partial charge in [0, 0.05) is 0 Å². The van der Waals surface area contributed by atoms with Crippen LogP contribution < -0.4 is 0 Å². The second-order valence-electron chi connectivity index (χ2n) is 11.5. The van der Waals surface area contributed by atoms with Crippen LogP contribution in [0.4, 0.5) is 0 Å². The summed E-state index contributed by atoms with van der Waals surface area (Å²) in [5, 5.41) is 0. The van der Waals surface area contributed by atoms with Crippen molar-refractivity contribution < 1.29 is 0 Å². The molecule has 4 aliphatic rings. The first kappa shape index (κ1) is 18.4. The summed E-state index contributed by atoms with van der Waals surface area (Å²) in [6, 6.07) is 0. The first-order chi connectivity index (χ1) is 11.9. The summed E-state index contributed by atoms with van der Waals surface area (Å²) in [5.41, 5.74) is 1.38. The molecule has 4 fully saturated rings. The van der Waals surface area contributed by atoms with E-state index < -0.39 is 0 Å². The van der Waals surface area contributed by atoms with Crippen molar-refractivity contribution in [2.45, 2.75) is 105 Å². The maximum Gasteiger partial charge on any atom is -0.0264 e. The van der Waals surface area contributed by atoms with E-state index in [2.05, 4.69) is 34.6 Å². The van der Waals surface area contributed by atoms with Gasteiger partial charge in [0.05, 0.1) is 0 Å². The predicted octanol–water partition coefficient (Wildman–Crippen LogP) is 7.72. The molecule has 4 unspecified atom stereocenters. The van der Waals surface area contributed by atoms with E-state index in [4.69, 9.17) is 0 Å². The van der Waals surface area contributed by atoms with Crippen LogP contribution in [0.1, 0.15) is 105 Å². The zero-order chi connectivity index (χ0) is 17.8. The van der Waals surface area contributed by atoms with Crippen LogP contribution in [0.2, 0.25) is 0 Å². The van der Waals surface area contributed by atoms with Crippen molar-refractivity contribution in [2.75, 3.05) is 0 Å². The highest BCUT2D eigenvalue weighted by atomic mass is 14.6. The molecule has 144 valence electrons. The molecule has 0 spiro atoms. The summed E-state index contributed by atoms with van der Waals surface area (Å²) in [7, 11) is 0. The van der Waals surface area contributed by atoms with Crippen molar-refractivity contribution in [1.82, 2.24) is 0 Å². The van der Waals surface area contributed by atoms with E-state index in [-0.39, 0.29) is 0 Å². The molecule has 4 aliphatic carbocycles. The van der Waals surface area contributed by atoms with Crippen molar-refractivity contribution >= 4 is 0 Å². The molecule has 4 rings (SSSR count). The van der Waals surface area contributed by atoms with Crippen molar-refractivity contribution in [3.63, 3.8) is 0 Å². The van der Waals surface area contributed by atoms with Gasteiger partial charge in [0.25, 0.3) is 0 Å². The zero-order valence-corrected chi connectivity index (χ0v) is 17.8. The predicted molar refractivity (Wildman–Crippen MR) is 108 cm³/mol. The fraction of sp³-hybridized carbons (Fsp3) is 1.00. The average molecular weight is 345 g/mol. The Labute approximate surface area is 157 Å². The van der Waals surface area contributed by atoms with Crippen molar-refractivity contribution in [1.29, 1.82) is 0 Å². The maximum atomic E-state index is 2.73. The molecule has 0 nitrogen and oxygen atoms in total. The standard InChI is InChI=1S/C25H44/c1-6-7-18(3)21-10-11-22-20-9-8-19-16-17(2)12-14-24(19,4)23(20)13-15-25(21,22)5/h17-23H,6-16H2,1-5H3/t17?,18?,19-,20+,21-,22?,23?,24+,25-/m1/s1. The lowest BCUT2D eigenvalue weighted by atomic mass is 9.44. The van der Waals surface area contributed by atoms with Crippen LogP contribution in [0.5, 0.6) is 0 Å². The largest absolute Gasteiger partial charge is 0.0654 e. The Bertz CT molecular complexity index is 480. The van der Waals surface area contributed by atoms with E-state index in [9.17, 15) is 0 Å². The highest BCUT2D eigenvalue weighted by Crippen LogP contribution is 2.68. The van der Waals surface area contributed by atoms with Gasteiger partial charge in [-0.2, -0.15) is 0 Å². The first-order valence-electron chi connectivity index (χ1n) is 11.9. The summed E-state index contributed by atoms with van der Waals surface area (Å²) >= 11 is 0. The van der Waals surface area contributed by atoms with E-state index in [1.54, 1.807) is 44.9 Å². The van der Waals surface area contributed by atoms with Gasteiger partial charge in [0.15, 0.2) is 0 Å². The normalized spacial score (nSPS) is 53.6. The quantitative estimate of drug-likeness (QED) is 0.491. The Kier molecular flexibility index (Phi) is 4.82. The third-order valence-corrected chi connectivity index (χ3v) is 10.4. The minimum atomic E-state index is 0.681. The second-order valence-corrected chi connectivity index (χ2v) is 11.5. The minimum Gasteiger partial charge on any atom is -0.0654 e. The molecule has 0 saturated heterocycles.